The van der Waals surface area contributed by atoms with Crippen LogP contribution in [0.5, 0.6) is 5.75 Å². The molecular weight excluding hydrogens is 550 g/mol. The molecule has 0 saturated carbocycles. The molecule has 4 amide bonds. The highest BCUT2D eigenvalue weighted by molar-refractivity contribution is 14.1. The number of halogens is 2. The van der Waals surface area contributed by atoms with E-state index in [1.54, 1.807) is 60.7 Å². The predicted molar refractivity (Wildman–Crippen MR) is 135 cm³/mol. The van der Waals surface area contributed by atoms with Crippen molar-refractivity contribution in [2.75, 3.05) is 11.5 Å². The summed E-state index contributed by atoms with van der Waals surface area (Å²) in [5, 5.41) is 2.22. The standard InChI is InChI=1S/C26H20FIN2O4/c1-2-34-23-14-16(13-22(28)19(23)15-17-8-6-7-11-21(17)27)12-20-24(31)29-26(33)30(25(20)32)18-9-4-3-5-10-18/h3-14H,2,15H2,1H3,(H,29,31,33)/b20-12+. The van der Waals surface area contributed by atoms with E-state index in [2.05, 4.69) is 27.9 Å². The summed E-state index contributed by atoms with van der Waals surface area (Å²) in [4.78, 5) is 38.9. The smallest absolute Gasteiger partial charge is 0.335 e. The molecule has 0 spiro atoms. The van der Waals surface area contributed by atoms with Gasteiger partial charge in [0.2, 0.25) is 0 Å². The fourth-order valence-corrected chi connectivity index (χ4v) is 4.45. The van der Waals surface area contributed by atoms with Crippen LogP contribution in [0.1, 0.15) is 23.6 Å². The topological polar surface area (TPSA) is 75.7 Å². The van der Waals surface area contributed by atoms with Gasteiger partial charge in [-0.25, -0.2) is 14.1 Å². The van der Waals surface area contributed by atoms with Gasteiger partial charge >= 0.3 is 6.03 Å². The van der Waals surface area contributed by atoms with E-state index in [-0.39, 0.29) is 11.4 Å². The van der Waals surface area contributed by atoms with Crippen LogP contribution in [-0.2, 0) is 16.0 Å². The lowest BCUT2D eigenvalue weighted by Gasteiger charge is -2.26. The zero-order valence-corrected chi connectivity index (χ0v) is 20.3. The van der Waals surface area contributed by atoms with E-state index in [9.17, 15) is 18.8 Å². The molecule has 3 aromatic rings. The molecule has 1 aliphatic heterocycles. The largest absolute Gasteiger partial charge is 0.494 e. The Kier molecular flexibility index (Phi) is 7.06. The van der Waals surface area contributed by atoms with Crippen LogP contribution >= 0.6 is 22.6 Å². The Bertz CT molecular complexity index is 1310. The molecule has 0 unspecified atom stereocenters. The highest BCUT2D eigenvalue weighted by atomic mass is 127. The van der Waals surface area contributed by atoms with Crippen LogP contribution in [0.25, 0.3) is 6.08 Å². The molecule has 8 heteroatoms. The van der Waals surface area contributed by atoms with Crippen molar-refractivity contribution < 1.29 is 23.5 Å². The number of para-hydroxylation sites is 1. The molecule has 0 aliphatic carbocycles. The van der Waals surface area contributed by atoms with E-state index in [1.807, 2.05) is 6.92 Å². The fraction of sp³-hybridized carbons (Fsp3) is 0.115. The first kappa shape index (κ1) is 23.6. The quantitative estimate of drug-likeness (QED) is 0.255. The summed E-state index contributed by atoms with van der Waals surface area (Å²) >= 11 is 2.13. The number of benzene rings is 3. The molecule has 0 atom stereocenters. The lowest BCUT2D eigenvalue weighted by atomic mass is 10.00. The summed E-state index contributed by atoms with van der Waals surface area (Å²) in [6.07, 6.45) is 1.75. The molecule has 6 nitrogen and oxygen atoms in total. The number of hydrogen-bond acceptors (Lipinski definition) is 4. The van der Waals surface area contributed by atoms with E-state index in [0.717, 1.165) is 14.0 Å². The van der Waals surface area contributed by atoms with Crippen LogP contribution in [0.2, 0.25) is 0 Å². The molecule has 1 N–H and O–H groups in total. The Hall–Kier alpha value is -3.53. The number of rotatable bonds is 6. The van der Waals surface area contributed by atoms with Crippen LogP contribution in [0.15, 0.2) is 72.3 Å². The fourth-order valence-electron chi connectivity index (χ4n) is 3.64. The van der Waals surface area contributed by atoms with Crippen molar-refractivity contribution in [2.45, 2.75) is 13.3 Å². The third-order valence-corrected chi connectivity index (χ3v) is 6.19. The van der Waals surface area contributed by atoms with Crippen LogP contribution < -0.4 is 15.0 Å². The van der Waals surface area contributed by atoms with Gasteiger partial charge in [-0.05, 0) is 77.0 Å². The SMILES string of the molecule is CCOc1cc(/C=C2\C(=O)NC(=O)N(c3ccccc3)C2=O)cc(I)c1Cc1ccccc1F. The molecule has 34 heavy (non-hydrogen) atoms. The van der Waals surface area contributed by atoms with Gasteiger partial charge < -0.3 is 4.74 Å². The van der Waals surface area contributed by atoms with Gasteiger partial charge in [0, 0.05) is 15.6 Å². The molecule has 1 fully saturated rings. The average molecular weight is 570 g/mol. The summed E-state index contributed by atoms with van der Waals surface area (Å²) in [5.74, 6) is -1.26. The number of nitrogens with one attached hydrogen (secondary N) is 1. The van der Waals surface area contributed by atoms with E-state index < -0.39 is 17.8 Å². The van der Waals surface area contributed by atoms with Crippen molar-refractivity contribution in [3.05, 3.63) is 98.4 Å². The maximum Gasteiger partial charge on any atom is 0.335 e. The number of anilines is 1. The first-order chi connectivity index (χ1) is 16.4. The molecule has 1 heterocycles. The highest BCUT2D eigenvalue weighted by Crippen LogP contribution is 2.31. The van der Waals surface area contributed by atoms with Gasteiger partial charge in [-0.3, -0.25) is 14.9 Å². The summed E-state index contributed by atoms with van der Waals surface area (Å²) in [7, 11) is 0. The molecule has 0 bridgehead atoms. The first-order valence-corrected chi connectivity index (χ1v) is 11.6. The Morgan fingerprint density at radius 2 is 1.74 bits per heavy atom. The van der Waals surface area contributed by atoms with Gasteiger partial charge in [0.15, 0.2) is 0 Å². The summed E-state index contributed by atoms with van der Waals surface area (Å²) in [5.41, 5.74) is 2.06. The second-order valence-corrected chi connectivity index (χ2v) is 8.64. The van der Waals surface area contributed by atoms with Crippen molar-refractivity contribution in [3.8, 4) is 5.75 Å². The summed E-state index contributed by atoms with van der Waals surface area (Å²) in [6.45, 7) is 2.22. The monoisotopic (exact) mass is 570 g/mol. The van der Waals surface area contributed by atoms with Gasteiger partial charge in [0.25, 0.3) is 11.8 Å². The predicted octanol–water partition coefficient (Wildman–Crippen LogP) is 5.09. The number of nitrogens with zero attached hydrogens (tertiary/aromatic N) is 1. The number of hydrogen-bond donors (Lipinski definition) is 1. The molecule has 172 valence electrons. The number of barbiturate groups is 1. The molecular formula is C26H20FIN2O4. The van der Waals surface area contributed by atoms with Crippen LogP contribution in [-0.4, -0.2) is 24.5 Å². The van der Waals surface area contributed by atoms with Crippen LogP contribution in [0.3, 0.4) is 0 Å². The minimum absolute atomic E-state index is 0.177. The third kappa shape index (κ3) is 4.86. The second-order valence-electron chi connectivity index (χ2n) is 7.47. The lowest BCUT2D eigenvalue weighted by Crippen LogP contribution is -2.54. The molecule has 4 rings (SSSR count). The Morgan fingerprint density at radius 3 is 2.44 bits per heavy atom. The van der Waals surface area contributed by atoms with Gasteiger partial charge in [-0.15, -0.1) is 0 Å². The Labute approximate surface area is 209 Å². The average Bonchev–Trinajstić information content (AvgIpc) is 2.81. The molecule has 1 aliphatic rings. The maximum atomic E-state index is 14.2. The number of ether oxygens (including phenoxy) is 1. The van der Waals surface area contributed by atoms with Crippen LogP contribution in [0.4, 0.5) is 14.9 Å². The highest BCUT2D eigenvalue weighted by Gasteiger charge is 2.36. The van der Waals surface area contributed by atoms with Gasteiger partial charge in [0.1, 0.15) is 17.1 Å². The normalized spacial score (nSPS) is 15.0. The molecule has 0 aromatic heterocycles. The maximum absolute atomic E-state index is 14.2. The van der Waals surface area contributed by atoms with Crippen molar-refractivity contribution in [1.29, 1.82) is 0 Å². The minimum Gasteiger partial charge on any atom is -0.494 e. The summed E-state index contributed by atoms with van der Waals surface area (Å²) < 4.78 is 20.8. The van der Waals surface area contributed by atoms with Gasteiger partial charge in [-0.2, -0.15) is 0 Å². The van der Waals surface area contributed by atoms with Crippen molar-refractivity contribution in [3.63, 3.8) is 0 Å². The van der Waals surface area contributed by atoms with E-state index in [0.29, 0.717) is 35.6 Å². The number of carbonyl (C=O) groups is 3. The number of carbonyl (C=O) groups excluding carboxylic acids is 3. The minimum atomic E-state index is -0.803. The molecule has 3 aromatic carbocycles. The van der Waals surface area contributed by atoms with Gasteiger partial charge in [-0.1, -0.05) is 36.4 Å². The number of urea groups is 1. The van der Waals surface area contributed by atoms with Crippen molar-refractivity contribution >= 4 is 52.2 Å². The zero-order valence-electron chi connectivity index (χ0n) is 18.2. The first-order valence-electron chi connectivity index (χ1n) is 10.5. The third-order valence-electron chi connectivity index (χ3n) is 5.23. The second kappa shape index (κ2) is 10.2. The Morgan fingerprint density at radius 1 is 1.03 bits per heavy atom. The lowest BCUT2D eigenvalue weighted by molar-refractivity contribution is -0.122. The molecule has 0 radical (unpaired) electrons. The summed E-state index contributed by atoms with van der Waals surface area (Å²) in [6, 6.07) is 17.6. The number of imide groups is 2. The van der Waals surface area contributed by atoms with E-state index in [4.69, 9.17) is 4.74 Å². The molecule has 1 saturated heterocycles. The zero-order chi connectivity index (χ0) is 24.2. The van der Waals surface area contributed by atoms with Gasteiger partial charge in [0.05, 0.1) is 12.3 Å². The van der Waals surface area contributed by atoms with Crippen molar-refractivity contribution in [2.24, 2.45) is 0 Å². The van der Waals surface area contributed by atoms with E-state index in [1.165, 1.54) is 12.1 Å². The Balaban J connectivity index is 1.73. The number of amides is 4. The van der Waals surface area contributed by atoms with Crippen LogP contribution in [0, 0.1) is 9.39 Å². The van der Waals surface area contributed by atoms with E-state index >= 15 is 0 Å². The van der Waals surface area contributed by atoms with Crippen molar-refractivity contribution in [1.82, 2.24) is 5.32 Å².